The average Bonchev–Trinajstić information content (AvgIpc) is 3.09. The van der Waals surface area contributed by atoms with Crippen molar-refractivity contribution < 1.29 is 9.52 Å². The molecule has 1 unspecified atom stereocenters. The third-order valence-corrected chi connectivity index (χ3v) is 3.33. The lowest BCUT2D eigenvalue weighted by atomic mass is 10.2. The van der Waals surface area contributed by atoms with Crippen LogP contribution >= 0.6 is 0 Å². The van der Waals surface area contributed by atoms with Crippen molar-refractivity contribution >= 4 is 5.82 Å². The molecule has 3 rings (SSSR count). The Bertz CT molecular complexity index is 513. The summed E-state index contributed by atoms with van der Waals surface area (Å²) >= 11 is 0. The lowest BCUT2D eigenvalue weighted by Gasteiger charge is -2.25. The summed E-state index contributed by atoms with van der Waals surface area (Å²) in [6, 6.07) is 2.02. The van der Waals surface area contributed by atoms with Gasteiger partial charge in [-0.2, -0.15) is 0 Å². The fourth-order valence-corrected chi connectivity index (χ4v) is 2.45. The van der Waals surface area contributed by atoms with Crippen LogP contribution in [-0.4, -0.2) is 34.3 Å². The zero-order valence-corrected chi connectivity index (χ0v) is 9.99. The number of hydrogen-bond donors (Lipinski definition) is 1. The summed E-state index contributed by atoms with van der Waals surface area (Å²) in [4.78, 5) is 10.9. The summed E-state index contributed by atoms with van der Waals surface area (Å²) in [5.41, 5.74) is 1.73. The minimum atomic E-state index is 0.146. The molecule has 18 heavy (non-hydrogen) atoms. The van der Waals surface area contributed by atoms with Crippen molar-refractivity contribution in [2.24, 2.45) is 0 Å². The molecule has 2 aromatic heterocycles. The van der Waals surface area contributed by atoms with Gasteiger partial charge in [0.25, 0.3) is 0 Å². The molecule has 1 atom stereocenters. The Balaban J connectivity index is 2.02. The van der Waals surface area contributed by atoms with E-state index in [4.69, 9.17) is 4.42 Å². The Morgan fingerprint density at radius 3 is 3.06 bits per heavy atom. The number of rotatable bonds is 3. The smallest absolute Gasteiger partial charge is 0.155 e. The number of aliphatic hydroxyl groups is 1. The number of nitrogens with zero attached hydrogens (tertiary/aromatic N) is 3. The molecule has 94 valence electrons. The maximum atomic E-state index is 9.41. The fraction of sp³-hybridized carbons (Fsp3) is 0.385. The minimum Gasteiger partial charge on any atom is -0.472 e. The van der Waals surface area contributed by atoms with Gasteiger partial charge < -0.3 is 14.4 Å². The molecule has 0 spiro atoms. The summed E-state index contributed by atoms with van der Waals surface area (Å²) in [5, 5.41) is 9.41. The average molecular weight is 245 g/mol. The third-order valence-electron chi connectivity index (χ3n) is 3.33. The Morgan fingerprint density at radius 2 is 2.28 bits per heavy atom. The third kappa shape index (κ3) is 1.86. The van der Waals surface area contributed by atoms with Gasteiger partial charge >= 0.3 is 0 Å². The molecule has 5 heteroatoms. The maximum absolute atomic E-state index is 9.41. The van der Waals surface area contributed by atoms with Crippen LogP contribution in [0.5, 0.6) is 0 Å². The van der Waals surface area contributed by atoms with Crippen LogP contribution in [0.4, 0.5) is 5.82 Å². The van der Waals surface area contributed by atoms with Crippen LogP contribution in [0.15, 0.2) is 35.4 Å². The summed E-state index contributed by atoms with van der Waals surface area (Å²) in [6.45, 7) is 1.07. The lowest BCUT2D eigenvalue weighted by Crippen LogP contribution is -2.33. The van der Waals surface area contributed by atoms with Gasteiger partial charge in [-0.3, -0.25) is 4.98 Å². The molecule has 1 aliphatic rings. The predicted octanol–water partition coefficient (Wildman–Crippen LogP) is 1.70. The van der Waals surface area contributed by atoms with E-state index in [0.717, 1.165) is 36.5 Å². The highest BCUT2D eigenvalue weighted by molar-refractivity contribution is 5.71. The maximum Gasteiger partial charge on any atom is 0.155 e. The second-order valence-electron chi connectivity index (χ2n) is 4.41. The van der Waals surface area contributed by atoms with Crippen LogP contribution in [0.25, 0.3) is 11.3 Å². The number of hydrogen-bond acceptors (Lipinski definition) is 5. The zero-order valence-electron chi connectivity index (χ0n) is 9.99. The van der Waals surface area contributed by atoms with E-state index in [0.29, 0.717) is 0 Å². The van der Waals surface area contributed by atoms with Crippen LogP contribution in [-0.2, 0) is 0 Å². The van der Waals surface area contributed by atoms with Crippen LogP contribution in [0, 0.1) is 0 Å². The molecule has 0 radical (unpaired) electrons. The summed E-state index contributed by atoms with van der Waals surface area (Å²) in [6.07, 6.45) is 8.73. The largest absolute Gasteiger partial charge is 0.472 e. The summed E-state index contributed by atoms with van der Waals surface area (Å²) in [7, 11) is 0. The molecule has 5 nitrogen and oxygen atoms in total. The lowest BCUT2D eigenvalue weighted by molar-refractivity contribution is 0.266. The molecule has 1 aliphatic heterocycles. The van der Waals surface area contributed by atoms with Gasteiger partial charge in [0.1, 0.15) is 5.69 Å². The Kier molecular flexibility index (Phi) is 2.98. The van der Waals surface area contributed by atoms with Crippen molar-refractivity contribution in [1.29, 1.82) is 0 Å². The van der Waals surface area contributed by atoms with Gasteiger partial charge in [-0.05, 0) is 18.9 Å². The first-order valence-electron chi connectivity index (χ1n) is 6.11. The summed E-state index contributed by atoms with van der Waals surface area (Å²) in [5.74, 6) is 0.829. The Labute approximate surface area is 105 Å². The molecule has 2 aromatic rings. The van der Waals surface area contributed by atoms with Gasteiger partial charge in [-0.1, -0.05) is 0 Å². The predicted molar refractivity (Wildman–Crippen MR) is 67.2 cm³/mol. The molecule has 0 bridgehead atoms. The number of aromatic nitrogens is 2. The van der Waals surface area contributed by atoms with Gasteiger partial charge in [0.2, 0.25) is 0 Å². The van der Waals surface area contributed by atoms with E-state index in [-0.39, 0.29) is 12.6 Å². The molecular formula is C13H15N3O2. The molecule has 0 amide bonds. The van der Waals surface area contributed by atoms with E-state index in [9.17, 15) is 5.11 Å². The highest BCUT2D eigenvalue weighted by Gasteiger charge is 2.27. The fourth-order valence-electron chi connectivity index (χ4n) is 2.45. The first-order valence-corrected chi connectivity index (χ1v) is 6.11. The first kappa shape index (κ1) is 11.2. The van der Waals surface area contributed by atoms with Crippen molar-refractivity contribution in [2.75, 3.05) is 18.1 Å². The van der Waals surface area contributed by atoms with Crippen LogP contribution in [0.2, 0.25) is 0 Å². The molecule has 3 heterocycles. The van der Waals surface area contributed by atoms with Gasteiger partial charge in [0.15, 0.2) is 5.82 Å². The molecule has 1 saturated heterocycles. The molecular weight excluding hydrogens is 230 g/mol. The number of aliphatic hydroxyl groups excluding tert-OH is 1. The van der Waals surface area contributed by atoms with Crippen molar-refractivity contribution in [2.45, 2.75) is 18.9 Å². The van der Waals surface area contributed by atoms with E-state index in [2.05, 4.69) is 14.9 Å². The normalized spacial score (nSPS) is 19.4. The number of furan rings is 1. The summed E-state index contributed by atoms with van der Waals surface area (Å²) < 4.78 is 5.10. The minimum absolute atomic E-state index is 0.146. The monoisotopic (exact) mass is 245 g/mol. The van der Waals surface area contributed by atoms with Crippen molar-refractivity contribution in [3.8, 4) is 11.3 Å². The van der Waals surface area contributed by atoms with Gasteiger partial charge in [0.05, 0.1) is 25.2 Å². The zero-order chi connectivity index (χ0) is 12.4. The van der Waals surface area contributed by atoms with E-state index < -0.39 is 0 Å². The molecule has 0 aromatic carbocycles. The van der Waals surface area contributed by atoms with Crippen LogP contribution < -0.4 is 4.90 Å². The van der Waals surface area contributed by atoms with Gasteiger partial charge in [0, 0.05) is 24.5 Å². The Morgan fingerprint density at radius 1 is 1.39 bits per heavy atom. The van der Waals surface area contributed by atoms with E-state index in [1.54, 1.807) is 24.9 Å². The van der Waals surface area contributed by atoms with Crippen LogP contribution in [0.1, 0.15) is 12.8 Å². The highest BCUT2D eigenvalue weighted by atomic mass is 16.3. The van der Waals surface area contributed by atoms with Crippen molar-refractivity contribution in [1.82, 2.24) is 9.97 Å². The Hall–Kier alpha value is -1.88. The number of anilines is 1. The van der Waals surface area contributed by atoms with Crippen molar-refractivity contribution in [3.63, 3.8) is 0 Å². The van der Waals surface area contributed by atoms with E-state index >= 15 is 0 Å². The topological polar surface area (TPSA) is 62.4 Å². The van der Waals surface area contributed by atoms with Crippen molar-refractivity contribution in [3.05, 3.63) is 31.0 Å². The van der Waals surface area contributed by atoms with E-state index in [1.165, 1.54) is 0 Å². The molecule has 1 fully saturated rings. The van der Waals surface area contributed by atoms with Crippen LogP contribution in [0.3, 0.4) is 0 Å². The second kappa shape index (κ2) is 4.78. The highest BCUT2D eigenvalue weighted by Crippen LogP contribution is 2.31. The standard InChI is InChI=1S/C13H15N3O2/c17-8-11-2-1-6-16(11)13-12(14-4-5-15-13)10-3-7-18-9-10/h3-5,7,9,11,17H,1-2,6,8H2. The molecule has 1 N–H and O–H groups in total. The van der Waals surface area contributed by atoms with E-state index in [1.807, 2.05) is 6.07 Å². The second-order valence-corrected chi connectivity index (χ2v) is 4.41. The molecule has 0 saturated carbocycles. The first-order chi connectivity index (χ1) is 8.90. The SMILES string of the molecule is OCC1CCCN1c1nccnc1-c1ccoc1. The quantitative estimate of drug-likeness (QED) is 0.891. The van der Waals surface area contributed by atoms with Gasteiger partial charge in [-0.25, -0.2) is 4.98 Å². The molecule has 0 aliphatic carbocycles. The van der Waals surface area contributed by atoms with Gasteiger partial charge in [-0.15, -0.1) is 0 Å².